The first kappa shape index (κ1) is 58.3. The van der Waals surface area contributed by atoms with Crippen LogP contribution in [-0.4, -0.2) is 0 Å². The normalized spacial score (nSPS) is 6.86. The molecule has 0 saturated carbocycles. The van der Waals surface area contributed by atoms with Crippen molar-refractivity contribution in [3.63, 3.8) is 0 Å². The summed E-state index contributed by atoms with van der Waals surface area (Å²) in [7, 11) is 0. The Labute approximate surface area is 144 Å². The molecule has 0 nitrogen and oxygen atoms in total. The van der Waals surface area contributed by atoms with Crippen LogP contribution < -0.4 is 0 Å². The molecule has 0 heteroatoms. The second-order valence-electron chi connectivity index (χ2n) is 6.00. The van der Waals surface area contributed by atoms with E-state index in [2.05, 4.69) is 55.4 Å². The molecule has 0 radical (unpaired) electrons. The number of hydrogen-bond acceptors (Lipinski definition) is 0. The second kappa shape index (κ2) is 50.1. The minimum absolute atomic E-state index is 0. The molecule has 0 aromatic heterocycles. The van der Waals surface area contributed by atoms with Crippen molar-refractivity contribution in [1.29, 1.82) is 0 Å². The van der Waals surface area contributed by atoms with Crippen molar-refractivity contribution in [2.75, 3.05) is 0 Å². The van der Waals surface area contributed by atoms with E-state index in [9.17, 15) is 0 Å². The quantitative estimate of drug-likeness (QED) is 0.417. The van der Waals surface area contributed by atoms with Gasteiger partial charge in [-0.1, -0.05) is 133 Å². The Hall–Kier alpha value is 0. The topological polar surface area (TPSA) is 0 Å². The fourth-order valence-corrected chi connectivity index (χ4v) is 0. The molecule has 144 valence electrons. The zero-order chi connectivity index (χ0) is 17.0. The highest BCUT2D eigenvalue weighted by molar-refractivity contribution is 4.47. The van der Waals surface area contributed by atoms with Crippen LogP contribution >= 0.6 is 0 Å². The van der Waals surface area contributed by atoms with Crippen LogP contribution in [-0.2, 0) is 0 Å². The van der Waals surface area contributed by atoms with Gasteiger partial charge in [0.25, 0.3) is 0 Å². The summed E-state index contributed by atoms with van der Waals surface area (Å²) in [4.78, 5) is 0. The average molecular weight is 313 g/mol. The Bertz CT molecular complexity index is 43.0. The van der Waals surface area contributed by atoms with E-state index in [1.807, 2.05) is 55.4 Å². The van der Waals surface area contributed by atoms with Crippen molar-refractivity contribution in [2.45, 2.75) is 133 Å². The Morgan fingerprint density at radius 3 is 0.286 bits per heavy atom. The van der Waals surface area contributed by atoms with Gasteiger partial charge in [0.05, 0.1) is 0 Å². The first-order valence-corrected chi connectivity index (χ1v) is 8.00. The fraction of sp³-hybridized carbons (Fsp3) is 1.00. The lowest BCUT2D eigenvalue weighted by Crippen LogP contribution is -1.93. The molecular formula is C21H60. The molecule has 0 aliphatic rings. The molecule has 0 amide bonds. The largest absolute Gasteiger partial charge is 0.0776 e. The van der Waals surface area contributed by atoms with Gasteiger partial charge in [-0.2, -0.15) is 0 Å². The van der Waals surface area contributed by atoms with Crippen LogP contribution in [0.2, 0.25) is 0 Å². The summed E-state index contributed by atoms with van der Waals surface area (Å²) < 4.78 is 0. The number of rotatable bonds is 0. The van der Waals surface area contributed by atoms with E-state index in [4.69, 9.17) is 0 Å². The zero-order valence-electron chi connectivity index (χ0n) is 17.0. The second-order valence-corrected chi connectivity index (χ2v) is 6.00. The van der Waals surface area contributed by atoms with E-state index in [0.29, 0.717) is 10.8 Å². The Morgan fingerprint density at radius 2 is 0.286 bits per heavy atom. The molecule has 0 saturated heterocycles. The van der Waals surface area contributed by atoms with E-state index in [0.717, 1.165) is 0 Å². The molecule has 0 aliphatic carbocycles. The molecule has 0 unspecified atom stereocenters. The lowest BCUT2D eigenvalue weighted by molar-refractivity contribution is 0.469. The Balaban J connectivity index is -0.0000000122. The van der Waals surface area contributed by atoms with Crippen molar-refractivity contribution in [3.05, 3.63) is 0 Å². The summed E-state index contributed by atoms with van der Waals surface area (Å²) in [6.45, 7) is 33.5. The molecule has 0 aromatic carbocycles. The van der Waals surface area contributed by atoms with Crippen molar-refractivity contribution in [2.24, 2.45) is 10.8 Å². The molecule has 21 heavy (non-hydrogen) atoms. The molecule has 0 aromatic rings. The Morgan fingerprint density at radius 1 is 0.286 bits per heavy atom. The molecular weight excluding hydrogens is 252 g/mol. The fourth-order valence-electron chi connectivity index (χ4n) is 0. The molecule has 0 heterocycles. The van der Waals surface area contributed by atoms with E-state index >= 15 is 0 Å². The molecule has 0 N–H and O–H groups in total. The molecule has 0 fully saturated rings. The van der Waals surface area contributed by atoms with Crippen LogP contribution in [0.4, 0.5) is 0 Å². The van der Waals surface area contributed by atoms with Gasteiger partial charge in [-0.05, 0) is 10.8 Å². The summed E-state index contributed by atoms with van der Waals surface area (Å²) in [6.07, 6.45) is 0. The van der Waals surface area contributed by atoms with Crippen LogP contribution in [0, 0.1) is 10.8 Å². The first-order valence-electron chi connectivity index (χ1n) is 8.00. The molecule has 0 rings (SSSR count). The SMILES string of the molecule is C.C.C.CC.CC.CC.CC.CC(C)(C)C.CC(C)(C)C. The maximum atomic E-state index is 2.19. The lowest BCUT2D eigenvalue weighted by atomic mass is 10.0. The summed E-state index contributed by atoms with van der Waals surface area (Å²) in [5.41, 5.74) is 1.00. The number of hydrogen-bond donors (Lipinski definition) is 0. The molecule has 0 bridgehead atoms. The maximum Gasteiger partial charge on any atom is -0.0411 e. The highest BCUT2D eigenvalue weighted by Crippen LogP contribution is 2.08. The van der Waals surface area contributed by atoms with Gasteiger partial charge in [0.15, 0.2) is 0 Å². The Kier molecular flexibility index (Phi) is 139. The monoisotopic (exact) mass is 312 g/mol. The third-order valence-corrected chi connectivity index (χ3v) is 0. The van der Waals surface area contributed by atoms with Crippen LogP contribution in [0.15, 0.2) is 0 Å². The van der Waals surface area contributed by atoms with Gasteiger partial charge in [-0.15, -0.1) is 0 Å². The van der Waals surface area contributed by atoms with Crippen molar-refractivity contribution in [1.82, 2.24) is 0 Å². The average Bonchev–Trinajstić information content (AvgIpc) is 2.24. The van der Waals surface area contributed by atoms with Crippen LogP contribution in [0.25, 0.3) is 0 Å². The lowest BCUT2D eigenvalue weighted by Gasteiger charge is -2.05. The zero-order valence-corrected chi connectivity index (χ0v) is 17.0. The standard InChI is InChI=1S/2C5H12.4C2H6.3CH4/c2*1-5(2,3)4;4*1-2;;;/h2*1-4H3;4*1-2H3;3*1H4. The van der Waals surface area contributed by atoms with Gasteiger partial charge in [0, 0.05) is 0 Å². The smallest absolute Gasteiger partial charge is 0.0411 e. The van der Waals surface area contributed by atoms with Crippen LogP contribution in [0.1, 0.15) is 133 Å². The predicted octanol–water partition coefficient (Wildman–Crippen LogP) is 10.1. The van der Waals surface area contributed by atoms with Gasteiger partial charge in [0.2, 0.25) is 0 Å². The van der Waals surface area contributed by atoms with Crippen LogP contribution in [0.5, 0.6) is 0 Å². The van der Waals surface area contributed by atoms with E-state index in [1.165, 1.54) is 0 Å². The maximum absolute atomic E-state index is 2.19. The van der Waals surface area contributed by atoms with E-state index in [-0.39, 0.29) is 22.3 Å². The van der Waals surface area contributed by atoms with Crippen molar-refractivity contribution in [3.8, 4) is 0 Å². The minimum Gasteiger partial charge on any atom is -0.0776 e. The molecule has 0 aliphatic heterocycles. The third-order valence-electron chi connectivity index (χ3n) is 0. The van der Waals surface area contributed by atoms with Gasteiger partial charge in [-0.25, -0.2) is 0 Å². The summed E-state index contributed by atoms with van der Waals surface area (Å²) in [5, 5.41) is 0. The van der Waals surface area contributed by atoms with Crippen molar-refractivity contribution >= 4 is 0 Å². The minimum atomic E-state index is 0. The van der Waals surface area contributed by atoms with Gasteiger partial charge in [0.1, 0.15) is 0 Å². The highest BCUT2D eigenvalue weighted by Gasteiger charge is 1.96. The molecule has 0 atom stereocenters. The van der Waals surface area contributed by atoms with Crippen LogP contribution in [0.3, 0.4) is 0 Å². The van der Waals surface area contributed by atoms with Gasteiger partial charge in [-0.3, -0.25) is 0 Å². The predicted molar refractivity (Wildman–Crippen MR) is 116 cm³/mol. The molecule has 0 spiro atoms. The summed E-state index contributed by atoms with van der Waals surface area (Å²) in [5.74, 6) is 0. The van der Waals surface area contributed by atoms with E-state index in [1.54, 1.807) is 0 Å². The third kappa shape index (κ3) is 0. The first-order chi connectivity index (χ1) is 8.00. The highest BCUT2D eigenvalue weighted by atomic mass is 14.0. The van der Waals surface area contributed by atoms with Gasteiger partial charge < -0.3 is 0 Å². The van der Waals surface area contributed by atoms with E-state index < -0.39 is 0 Å². The summed E-state index contributed by atoms with van der Waals surface area (Å²) >= 11 is 0. The summed E-state index contributed by atoms with van der Waals surface area (Å²) in [6, 6.07) is 0. The van der Waals surface area contributed by atoms with Gasteiger partial charge >= 0.3 is 0 Å². The van der Waals surface area contributed by atoms with Crippen molar-refractivity contribution < 1.29 is 0 Å².